The van der Waals surface area contributed by atoms with E-state index in [9.17, 15) is 14.4 Å². The molecule has 0 radical (unpaired) electrons. The van der Waals surface area contributed by atoms with Crippen molar-refractivity contribution in [2.24, 2.45) is 11.8 Å². The van der Waals surface area contributed by atoms with Crippen molar-refractivity contribution in [3.8, 4) is 11.4 Å². The molecule has 0 saturated carbocycles. The van der Waals surface area contributed by atoms with E-state index in [1.54, 1.807) is 24.3 Å². The monoisotopic (exact) mass is 355 g/mol. The van der Waals surface area contributed by atoms with Gasteiger partial charge in [0.2, 0.25) is 11.8 Å². The number of carbonyl (C=O) groups excluding carboxylic acids is 2. The second kappa shape index (κ2) is 4.70. The van der Waals surface area contributed by atoms with Crippen LogP contribution in [0.25, 0.3) is 11.4 Å². The number of amides is 2. The van der Waals surface area contributed by atoms with Crippen molar-refractivity contribution in [3.05, 3.63) is 34.8 Å². The molecule has 134 valence electrons. The standard InChI is InChI=1S/C18H17N3O5/c1-17-7-8-18(2,26-17)12-11(17)14(22)21(15(12)23)10-5-3-9(4-6-10)13-19-16(24)25-20-13/h3-6,11-12H,7-8H2,1-2H3,(H,19,20,24)/t11-,12+,17-,18+. The van der Waals surface area contributed by atoms with Gasteiger partial charge in [0.05, 0.1) is 28.7 Å². The van der Waals surface area contributed by atoms with E-state index in [1.807, 2.05) is 13.8 Å². The van der Waals surface area contributed by atoms with E-state index in [1.165, 1.54) is 4.90 Å². The average Bonchev–Trinajstić information content (AvgIpc) is 3.29. The Morgan fingerprint density at radius 1 is 1.04 bits per heavy atom. The van der Waals surface area contributed by atoms with Gasteiger partial charge in [-0.2, -0.15) is 0 Å². The third kappa shape index (κ3) is 1.82. The predicted octanol–water partition coefficient (Wildman–Crippen LogP) is 1.48. The smallest absolute Gasteiger partial charge is 0.367 e. The van der Waals surface area contributed by atoms with Crippen LogP contribution in [0.15, 0.2) is 33.6 Å². The first kappa shape index (κ1) is 15.5. The van der Waals surface area contributed by atoms with Crippen LogP contribution in [0.1, 0.15) is 26.7 Å². The first-order chi connectivity index (χ1) is 12.3. The number of anilines is 1. The Balaban J connectivity index is 1.51. The molecule has 4 atom stereocenters. The van der Waals surface area contributed by atoms with Crippen molar-refractivity contribution in [2.75, 3.05) is 4.90 Å². The number of carbonyl (C=O) groups is 2. The summed E-state index contributed by atoms with van der Waals surface area (Å²) in [5, 5.41) is 3.63. The van der Waals surface area contributed by atoms with E-state index in [2.05, 4.69) is 14.7 Å². The first-order valence-corrected chi connectivity index (χ1v) is 8.57. The molecule has 4 heterocycles. The van der Waals surface area contributed by atoms with Crippen LogP contribution in [0.5, 0.6) is 0 Å². The van der Waals surface area contributed by atoms with Gasteiger partial charge in [-0.25, -0.2) is 9.69 Å². The molecule has 2 bridgehead atoms. The Morgan fingerprint density at radius 3 is 2.12 bits per heavy atom. The number of nitrogens with zero attached hydrogens (tertiary/aromatic N) is 2. The van der Waals surface area contributed by atoms with Crippen LogP contribution in [0.2, 0.25) is 0 Å². The van der Waals surface area contributed by atoms with Gasteiger partial charge in [0, 0.05) is 5.56 Å². The van der Waals surface area contributed by atoms with Crippen molar-refractivity contribution >= 4 is 17.5 Å². The second-order valence-corrected chi connectivity index (χ2v) is 7.69. The quantitative estimate of drug-likeness (QED) is 0.818. The Hall–Kier alpha value is -2.74. The molecule has 3 fully saturated rings. The predicted molar refractivity (Wildman–Crippen MR) is 89.2 cm³/mol. The molecule has 1 aromatic carbocycles. The number of hydrogen-bond acceptors (Lipinski definition) is 6. The van der Waals surface area contributed by atoms with Crippen LogP contribution in [0.4, 0.5) is 5.69 Å². The number of hydrogen-bond donors (Lipinski definition) is 1. The topological polar surface area (TPSA) is 106 Å². The van der Waals surface area contributed by atoms with Crippen LogP contribution < -0.4 is 10.7 Å². The number of aromatic amines is 1. The summed E-state index contributed by atoms with van der Waals surface area (Å²) in [5.74, 6) is -1.61. The molecule has 3 aliphatic heterocycles. The van der Waals surface area contributed by atoms with Gasteiger partial charge in [0.15, 0.2) is 5.82 Å². The number of imide groups is 1. The number of ether oxygens (including phenoxy) is 1. The summed E-state index contributed by atoms with van der Waals surface area (Å²) in [6.45, 7) is 3.86. The number of fused-ring (bicyclic) bond motifs is 5. The van der Waals surface area contributed by atoms with Gasteiger partial charge in [0.25, 0.3) is 0 Å². The third-order valence-corrected chi connectivity index (χ3v) is 6.05. The minimum absolute atomic E-state index is 0.200. The van der Waals surface area contributed by atoms with E-state index in [-0.39, 0.29) is 11.8 Å². The van der Waals surface area contributed by atoms with Crippen molar-refractivity contribution in [1.29, 1.82) is 0 Å². The zero-order valence-corrected chi connectivity index (χ0v) is 14.3. The molecule has 0 unspecified atom stereocenters. The normalized spacial score (nSPS) is 35.4. The van der Waals surface area contributed by atoms with Gasteiger partial charge in [-0.15, -0.1) is 0 Å². The van der Waals surface area contributed by atoms with Gasteiger partial charge in [-0.05, 0) is 51.0 Å². The summed E-state index contributed by atoms with van der Waals surface area (Å²) >= 11 is 0. The van der Waals surface area contributed by atoms with Gasteiger partial charge in [0.1, 0.15) is 0 Å². The molecule has 8 heteroatoms. The maximum atomic E-state index is 13.0. The number of rotatable bonds is 2. The number of H-pyrrole nitrogens is 1. The third-order valence-electron chi connectivity index (χ3n) is 6.05. The Kier molecular flexibility index (Phi) is 2.80. The summed E-state index contributed by atoms with van der Waals surface area (Å²) in [5.41, 5.74) is -0.000872. The highest BCUT2D eigenvalue weighted by Gasteiger charge is 2.72. The molecule has 0 aliphatic carbocycles. The molecule has 1 aromatic heterocycles. The molecule has 26 heavy (non-hydrogen) atoms. The van der Waals surface area contributed by atoms with Crippen LogP contribution in [0, 0.1) is 11.8 Å². The zero-order chi connectivity index (χ0) is 18.3. The van der Waals surface area contributed by atoms with Gasteiger partial charge >= 0.3 is 5.76 Å². The molecule has 8 nitrogen and oxygen atoms in total. The maximum Gasteiger partial charge on any atom is 0.439 e. The minimum atomic E-state index is -0.640. The lowest BCUT2D eigenvalue weighted by molar-refractivity contribution is -0.129. The summed E-state index contributed by atoms with van der Waals surface area (Å²) in [6, 6.07) is 6.72. The number of aromatic nitrogens is 2. The lowest BCUT2D eigenvalue weighted by atomic mass is 9.69. The average molecular weight is 355 g/mol. The van der Waals surface area contributed by atoms with Crippen molar-refractivity contribution in [2.45, 2.75) is 37.9 Å². The fourth-order valence-corrected chi connectivity index (χ4v) is 4.85. The lowest BCUT2D eigenvalue weighted by Gasteiger charge is -2.27. The van der Waals surface area contributed by atoms with Crippen LogP contribution >= 0.6 is 0 Å². The van der Waals surface area contributed by atoms with Crippen molar-refractivity contribution in [3.63, 3.8) is 0 Å². The molecule has 2 aromatic rings. The highest BCUT2D eigenvalue weighted by atomic mass is 16.5. The lowest BCUT2D eigenvalue weighted by Crippen LogP contribution is -2.40. The fourth-order valence-electron chi connectivity index (χ4n) is 4.85. The van der Waals surface area contributed by atoms with Gasteiger partial charge < -0.3 is 4.74 Å². The van der Waals surface area contributed by atoms with E-state index in [0.29, 0.717) is 17.1 Å². The van der Waals surface area contributed by atoms with Crippen molar-refractivity contribution < 1.29 is 18.8 Å². The van der Waals surface area contributed by atoms with Crippen LogP contribution in [0.3, 0.4) is 0 Å². The zero-order valence-electron chi connectivity index (χ0n) is 14.3. The summed E-state index contributed by atoms with van der Waals surface area (Å²) in [7, 11) is 0. The SMILES string of the molecule is C[C@]12CC[C@](C)(O1)[C@@H]1C(=O)N(c3ccc(-c4noc(=O)[nH]4)cc3)C(=O)[C@@H]12. The summed E-state index contributed by atoms with van der Waals surface area (Å²) in [4.78, 5) is 40.9. The Labute approximate surface area is 148 Å². The number of nitrogens with one attached hydrogen (secondary N) is 1. The molecule has 3 aliphatic rings. The summed E-state index contributed by atoms with van der Waals surface area (Å²) < 4.78 is 10.6. The molecule has 3 saturated heterocycles. The van der Waals surface area contributed by atoms with E-state index in [0.717, 1.165) is 12.8 Å². The van der Waals surface area contributed by atoms with Crippen molar-refractivity contribution in [1.82, 2.24) is 10.1 Å². The van der Waals surface area contributed by atoms with Gasteiger partial charge in [-0.1, -0.05) is 5.16 Å². The van der Waals surface area contributed by atoms with Crippen LogP contribution in [-0.2, 0) is 14.3 Å². The van der Waals surface area contributed by atoms with E-state index in [4.69, 9.17) is 4.74 Å². The molecule has 5 rings (SSSR count). The number of benzene rings is 1. The fraction of sp³-hybridized carbons (Fsp3) is 0.444. The molecule has 1 N–H and O–H groups in total. The minimum Gasteiger partial charge on any atom is -0.367 e. The Morgan fingerprint density at radius 2 is 1.62 bits per heavy atom. The highest BCUT2D eigenvalue weighted by molar-refractivity contribution is 6.23. The Bertz CT molecular complexity index is 959. The largest absolute Gasteiger partial charge is 0.439 e. The van der Waals surface area contributed by atoms with Gasteiger partial charge in [-0.3, -0.25) is 19.1 Å². The summed E-state index contributed by atoms with van der Waals surface area (Å²) in [6.07, 6.45) is 1.58. The second-order valence-electron chi connectivity index (χ2n) is 7.69. The van der Waals surface area contributed by atoms with E-state index < -0.39 is 28.8 Å². The molecular formula is C18H17N3O5. The van der Waals surface area contributed by atoms with Crippen LogP contribution in [-0.4, -0.2) is 33.2 Å². The molecule has 2 amide bonds. The van der Waals surface area contributed by atoms with E-state index >= 15 is 0 Å². The molecular weight excluding hydrogens is 338 g/mol. The first-order valence-electron chi connectivity index (χ1n) is 8.57. The highest BCUT2D eigenvalue weighted by Crippen LogP contribution is 2.60. The molecule has 0 spiro atoms. The maximum absolute atomic E-state index is 13.0.